The molecule has 2 saturated carbocycles. The number of piperazine rings is 1. The molecule has 0 aromatic heterocycles. The second-order valence-electron chi connectivity index (χ2n) is 7.48. The van der Waals surface area contributed by atoms with Gasteiger partial charge in [-0.25, -0.2) is 0 Å². The molecule has 3 atom stereocenters. The second-order valence-corrected chi connectivity index (χ2v) is 7.48. The van der Waals surface area contributed by atoms with E-state index in [9.17, 15) is 10.1 Å². The fourth-order valence-corrected chi connectivity index (χ4v) is 4.94. The number of hydrogen-bond acceptors (Lipinski definition) is 4. The maximum absolute atomic E-state index is 10.9. The minimum Gasteiger partial charge on any atom is -0.298 e. The zero-order valence-corrected chi connectivity index (χ0v) is 13.6. The summed E-state index contributed by atoms with van der Waals surface area (Å²) >= 11 is 0. The van der Waals surface area contributed by atoms with Crippen molar-refractivity contribution in [2.24, 2.45) is 11.8 Å². The van der Waals surface area contributed by atoms with Crippen molar-refractivity contribution in [3.05, 3.63) is 39.9 Å². The Labute approximate surface area is 137 Å². The average molecular weight is 315 g/mol. The summed E-state index contributed by atoms with van der Waals surface area (Å²) in [5, 5.41) is 10.9. The summed E-state index contributed by atoms with van der Waals surface area (Å²) in [6.07, 6.45) is 5.81. The minimum absolute atomic E-state index is 0.197. The molecule has 0 amide bonds. The summed E-state index contributed by atoms with van der Waals surface area (Å²) in [5.74, 6) is 1.97. The fraction of sp³-hybridized carbons (Fsp3) is 0.667. The number of hydrogen-bond donors (Lipinski definition) is 0. The Morgan fingerprint density at radius 3 is 2.61 bits per heavy atom. The van der Waals surface area contributed by atoms with Crippen LogP contribution in [-0.2, 0) is 6.54 Å². The molecule has 1 aliphatic heterocycles. The smallest absolute Gasteiger partial charge is 0.269 e. The van der Waals surface area contributed by atoms with Gasteiger partial charge < -0.3 is 0 Å². The molecule has 2 aliphatic carbocycles. The van der Waals surface area contributed by atoms with E-state index in [0.717, 1.165) is 56.2 Å². The number of nitro groups is 1. The van der Waals surface area contributed by atoms with Crippen LogP contribution in [-0.4, -0.2) is 46.9 Å². The first-order valence-electron chi connectivity index (χ1n) is 8.89. The summed E-state index contributed by atoms with van der Waals surface area (Å²) in [7, 11) is 0. The topological polar surface area (TPSA) is 49.6 Å². The van der Waals surface area contributed by atoms with Crippen molar-refractivity contribution < 1.29 is 4.92 Å². The predicted molar refractivity (Wildman–Crippen MR) is 89.2 cm³/mol. The Morgan fingerprint density at radius 1 is 1.13 bits per heavy atom. The SMILES string of the molecule is O=[N+]([O-])c1cccc(CN2CCN([C@@H]3C[C@@H]4CC[C@@H]3C4)CC2)c1. The fourth-order valence-electron chi connectivity index (χ4n) is 4.94. The Bertz CT molecular complexity index is 583. The number of benzene rings is 1. The first-order chi connectivity index (χ1) is 11.2. The molecule has 0 N–H and O–H groups in total. The van der Waals surface area contributed by atoms with E-state index < -0.39 is 0 Å². The summed E-state index contributed by atoms with van der Waals surface area (Å²) < 4.78 is 0. The van der Waals surface area contributed by atoms with Crippen LogP contribution in [0.3, 0.4) is 0 Å². The standard InChI is InChI=1S/C18H25N3O2/c22-21(23)17-3-1-2-15(11-17)13-19-6-8-20(9-7-19)18-12-14-4-5-16(18)10-14/h1-3,11,14,16,18H,4-10,12-13H2/t14-,16-,18-/m1/s1. The minimum atomic E-state index is -0.309. The van der Waals surface area contributed by atoms with Crippen LogP contribution in [0.5, 0.6) is 0 Å². The molecule has 0 unspecified atom stereocenters. The van der Waals surface area contributed by atoms with Crippen LogP contribution in [0.15, 0.2) is 24.3 Å². The molecular weight excluding hydrogens is 290 g/mol. The molecule has 1 aromatic carbocycles. The Balaban J connectivity index is 1.31. The molecule has 4 rings (SSSR count). The molecule has 0 spiro atoms. The van der Waals surface area contributed by atoms with Crippen LogP contribution in [0, 0.1) is 22.0 Å². The predicted octanol–water partition coefficient (Wildman–Crippen LogP) is 2.90. The van der Waals surface area contributed by atoms with Gasteiger partial charge in [0.15, 0.2) is 0 Å². The van der Waals surface area contributed by atoms with Gasteiger partial charge in [0.1, 0.15) is 0 Å². The maximum Gasteiger partial charge on any atom is 0.269 e. The van der Waals surface area contributed by atoms with Crippen LogP contribution in [0.25, 0.3) is 0 Å². The third-order valence-electron chi connectivity index (χ3n) is 6.10. The van der Waals surface area contributed by atoms with Crippen molar-refractivity contribution in [1.29, 1.82) is 0 Å². The molecule has 5 heteroatoms. The Hall–Kier alpha value is -1.46. The van der Waals surface area contributed by atoms with Crippen LogP contribution >= 0.6 is 0 Å². The first-order valence-corrected chi connectivity index (χ1v) is 8.89. The van der Waals surface area contributed by atoms with Crippen molar-refractivity contribution in [2.45, 2.75) is 38.3 Å². The Kier molecular flexibility index (Phi) is 4.07. The average Bonchev–Trinajstić information content (AvgIpc) is 3.19. The lowest BCUT2D eigenvalue weighted by molar-refractivity contribution is -0.384. The van der Waals surface area contributed by atoms with Gasteiger partial charge in [0.2, 0.25) is 0 Å². The third kappa shape index (κ3) is 3.12. The molecule has 3 fully saturated rings. The number of rotatable bonds is 4. The zero-order valence-electron chi connectivity index (χ0n) is 13.6. The number of fused-ring (bicyclic) bond motifs is 2. The summed E-state index contributed by atoms with van der Waals surface area (Å²) in [4.78, 5) is 15.7. The highest BCUT2D eigenvalue weighted by atomic mass is 16.6. The van der Waals surface area contributed by atoms with E-state index in [-0.39, 0.29) is 10.6 Å². The largest absolute Gasteiger partial charge is 0.298 e. The van der Waals surface area contributed by atoms with E-state index in [4.69, 9.17) is 0 Å². The lowest BCUT2D eigenvalue weighted by atomic mass is 9.93. The van der Waals surface area contributed by atoms with E-state index in [1.807, 2.05) is 6.07 Å². The van der Waals surface area contributed by atoms with E-state index in [1.165, 1.54) is 25.7 Å². The van der Waals surface area contributed by atoms with Gasteiger partial charge in [0.25, 0.3) is 5.69 Å². The summed E-state index contributed by atoms with van der Waals surface area (Å²) in [6, 6.07) is 7.90. The van der Waals surface area contributed by atoms with Crippen molar-refractivity contribution in [1.82, 2.24) is 9.80 Å². The monoisotopic (exact) mass is 315 g/mol. The van der Waals surface area contributed by atoms with Gasteiger partial charge in [-0.15, -0.1) is 0 Å². The van der Waals surface area contributed by atoms with Crippen molar-refractivity contribution in [3.63, 3.8) is 0 Å². The second kappa shape index (κ2) is 6.21. The van der Waals surface area contributed by atoms with E-state index in [2.05, 4.69) is 9.80 Å². The normalized spacial score (nSPS) is 31.6. The Morgan fingerprint density at radius 2 is 1.96 bits per heavy atom. The highest BCUT2D eigenvalue weighted by molar-refractivity contribution is 5.34. The molecule has 2 bridgehead atoms. The molecule has 1 heterocycles. The molecule has 1 saturated heterocycles. The highest BCUT2D eigenvalue weighted by Crippen LogP contribution is 2.46. The van der Waals surface area contributed by atoms with Gasteiger partial charge in [0, 0.05) is 50.9 Å². The van der Waals surface area contributed by atoms with Crippen molar-refractivity contribution in [2.75, 3.05) is 26.2 Å². The number of nitrogens with zero attached hydrogens (tertiary/aromatic N) is 3. The molecule has 5 nitrogen and oxygen atoms in total. The van der Waals surface area contributed by atoms with Crippen molar-refractivity contribution >= 4 is 5.69 Å². The lowest BCUT2D eigenvalue weighted by Gasteiger charge is -2.41. The third-order valence-corrected chi connectivity index (χ3v) is 6.10. The van der Waals surface area contributed by atoms with Gasteiger partial charge in [-0.1, -0.05) is 18.6 Å². The first kappa shape index (κ1) is 15.1. The molecule has 0 radical (unpaired) electrons. The van der Waals surface area contributed by atoms with E-state index in [1.54, 1.807) is 18.2 Å². The van der Waals surface area contributed by atoms with Gasteiger partial charge in [0.05, 0.1) is 4.92 Å². The highest BCUT2D eigenvalue weighted by Gasteiger charge is 2.42. The lowest BCUT2D eigenvalue weighted by Crippen LogP contribution is -2.51. The molecule has 3 aliphatic rings. The quantitative estimate of drug-likeness (QED) is 0.633. The summed E-state index contributed by atoms with van der Waals surface area (Å²) in [6.45, 7) is 5.30. The summed E-state index contributed by atoms with van der Waals surface area (Å²) in [5.41, 5.74) is 1.25. The molecule has 23 heavy (non-hydrogen) atoms. The van der Waals surface area contributed by atoms with Crippen molar-refractivity contribution in [3.8, 4) is 0 Å². The van der Waals surface area contributed by atoms with Gasteiger partial charge in [-0.3, -0.25) is 19.9 Å². The van der Waals surface area contributed by atoms with Gasteiger partial charge in [-0.05, 0) is 36.7 Å². The zero-order chi connectivity index (χ0) is 15.8. The molecule has 124 valence electrons. The number of non-ortho nitro benzene ring substituents is 1. The van der Waals surface area contributed by atoms with E-state index >= 15 is 0 Å². The number of nitro benzene ring substituents is 1. The van der Waals surface area contributed by atoms with Crippen LogP contribution in [0.2, 0.25) is 0 Å². The van der Waals surface area contributed by atoms with Gasteiger partial charge in [-0.2, -0.15) is 0 Å². The van der Waals surface area contributed by atoms with E-state index in [0.29, 0.717) is 0 Å². The molecular formula is C18H25N3O2. The van der Waals surface area contributed by atoms with Crippen LogP contribution in [0.1, 0.15) is 31.2 Å². The van der Waals surface area contributed by atoms with Crippen LogP contribution < -0.4 is 0 Å². The molecule has 1 aromatic rings. The van der Waals surface area contributed by atoms with Gasteiger partial charge >= 0.3 is 0 Å². The maximum atomic E-state index is 10.9. The van der Waals surface area contributed by atoms with Crippen LogP contribution in [0.4, 0.5) is 5.69 Å².